The summed E-state index contributed by atoms with van der Waals surface area (Å²) >= 11 is 0. The molecule has 0 bridgehead atoms. The Morgan fingerprint density at radius 3 is 2.55 bits per heavy atom. The summed E-state index contributed by atoms with van der Waals surface area (Å²) in [5.41, 5.74) is 5.46. The van der Waals surface area contributed by atoms with Gasteiger partial charge in [0, 0.05) is 25.2 Å². The summed E-state index contributed by atoms with van der Waals surface area (Å²) in [4.78, 5) is 24.2. The van der Waals surface area contributed by atoms with Crippen molar-refractivity contribution in [2.45, 2.75) is 33.2 Å². The smallest absolute Gasteiger partial charge is 0.285 e. The molecule has 2 N–H and O–H groups in total. The Labute approximate surface area is 129 Å². The second kappa shape index (κ2) is 7.31. The average molecular weight is 311 g/mol. The third-order valence-corrected chi connectivity index (χ3v) is 3.68. The zero-order chi connectivity index (χ0) is 17.0. The molecule has 0 heterocycles. The molecule has 0 saturated carbocycles. The first kappa shape index (κ1) is 18.0. The van der Waals surface area contributed by atoms with Gasteiger partial charge in [-0.1, -0.05) is 13.8 Å². The summed E-state index contributed by atoms with van der Waals surface area (Å²) in [6, 6.07) is 1.88. The molecule has 122 valence electrons. The van der Waals surface area contributed by atoms with Crippen LogP contribution in [-0.2, 0) is 0 Å². The van der Waals surface area contributed by atoms with Crippen LogP contribution in [0.15, 0.2) is 12.1 Å². The Balaban J connectivity index is 3.00. The number of hydrogen-bond acceptors (Lipinski definition) is 4. The Hall–Kier alpha value is -2.02. The van der Waals surface area contributed by atoms with Gasteiger partial charge in [-0.15, -0.1) is 0 Å². The van der Waals surface area contributed by atoms with E-state index in [0.29, 0.717) is 13.0 Å². The number of rotatable bonds is 6. The molecular weight excluding hydrogens is 289 g/mol. The number of halogens is 1. The molecule has 1 aromatic rings. The summed E-state index contributed by atoms with van der Waals surface area (Å²) in [6.45, 7) is 5.72. The van der Waals surface area contributed by atoms with Gasteiger partial charge in [0.25, 0.3) is 11.6 Å². The molecule has 0 aliphatic heterocycles. The first-order chi connectivity index (χ1) is 10.1. The van der Waals surface area contributed by atoms with Crippen molar-refractivity contribution in [2.24, 2.45) is 11.7 Å². The van der Waals surface area contributed by atoms with Crippen LogP contribution >= 0.6 is 0 Å². The van der Waals surface area contributed by atoms with Crippen molar-refractivity contribution in [2.75, 3.05) is 13.6 Å². The fourth-order valence-corrected chi connectivity index (χ4v) is 2.12. The second-order valence-electron chi connectivity index (χ2n) is 5.80. The molecule has 22 heavy (non-hydrogen) atoms. The zero-order valence-corrected chi connectivity index (χ0v) is 13.3. The van der Waals surface area contributed by atoms with Crippen LogP contribution in [0.1, 0.15) is 36.2 Å². The number of amides is 1. The predicted molar refractivity (Wildman–Crippen MR) is 82.2 cm³/mol. The normalized spacial score (nSPS) is 12.3. The molecule has 1 atom stereocenters. The van der Waals surface area contributed by atoms with Gasteiger partial charge in [0.1, 0.15) is 11.4 Å². The molecule has 0 saturated heterocycles. The summed E-state index contributed by atoms with van der Waals surface area (Å²) in [7, 11) is 1.53. The molecule has 6 nitrogen and oxygen atoms in total. The molecule has 0 aliphatic carbocycles. The van der Waals surface area contributed by atoms with Crippen molar-refractivity contribution < 1.29 is 14.1 Å². The molecule has 1 unspecified atom stereocenters. The molecule has 0 fully saturated rings. The lowest BCUT2D eigenvalue weighted by molar-refractivity contribution is -0.385. The highest BCUT2D eigenvalue weighted by Gasteiger charge is 2.26. The van der Waals surface area contributed by atoms with Crippen LogP contribution in [0.2, 0.25) is 0 Å². The van der Waals surface area contributed by atoms with Crippen molar-refractivity contribution in [1.29, 1.82) is 0 Å². The van der Waals surface area contributed by atoms with Crippen LogP contribution in [0.3, 0.4) is 0 Å². The van der Waals surface area contributed by atoms with E-state index in [1.165, 1.54) is 18.9 Å². The lowest BCUT2D eigenvalue weighted by Crippen LogP contribution is -2.35. The Morgan fingerprint density at radius 2 is 2.05 bits per heavy atom. The number of nitro benzene ring substituents is 1. The number of nitrogens with two attached hydrogens (primary N) is 1. The van der Waals surface area contributed by atoms with Gasteiger partial charge < -0.3 is 10.6 Å². The third kappa shape index (κ3) is 4.24. The highest BCUT2D eigenvalue weighted by molar-refractivity contribution is 5.98. The number of benzene rings is 1. The van der Waals surface area contributed by atoms with Crippen LogP contribution in [0, 0.1) is 28.8 Å². The lowest BCUT2D eigenvalue weighted by Gasteiger charge is -2.21. The largest absolute Gasteiger partial charge is 0.341 e. The minimum Gasteiger partial charge on any atom is -0.341 e. The molecular formula is C15H22FN3O3. The monoisotopic (exact) mass is 311 g/mol. The molecule has 0 aromatic heterocycles. The molecule has 0 radical (unpaired) electrons. The molecule has 1 rings (SSSR count). The Bertz CT molecular complexity index is 575. The predicted octanol–water partition coefficient (Wildman–Crippen LogP) is 2.49. The zero-order valence-electron chi connectivity index (χ0n) is 13.3. The van der Waals surface area contributed by atoms with Crippen LogP contribution in [-0.4, -0.2) is 35.4 Å². The number of carbonyl (C=O) groups excluding carboxylic acids is 1. The van der Waals surface area contributed by atoms with Crippen molar-refractivity contribution in [3.8, 4) is 0 Å². The van der Waals surface area contributed by atoms with Gasteiger partial charge in [-0.25, -0.2) is 4.39 Å². The molecule has 0 spiro atoms. The Morgan fingerprint density at radius 1 is 1.45 bits per heavy atom. The molecule has 1 aromatic carbocycles. The summed E-state index contributed by atoms with van der Waals surface area (Å²) in [5, 5.41) is 11.1. The Kier molecular flexibility index (Phi) is 5.99. The fraction of sp³-hybridized carbons (Fsp3) is 0.533. The number of hydrogen-bond donors (Lipinski definition) is 1. The van der Waals surface area contributed by atoms with Gasteiger partial charge in [0.15, 0.2) is 0 Å². The number of nitrogens with zero attached hydrogens (tertiary/aromatic N) is 2. The minimum atomic E-state index is -0.668. The van der Waals surface area contributed by atoms with E-state index in [1.54, 1.807) is 0 Å². The van der Waals surface area contributed by atoms with Gasteiger partial charge in [0.05, 0.1) is 4.92 Å². The van der Waals surface area contributed by atoms with Crippen molar-refractivity contribution >= 4 is 11.6 Å². The molecule has 7 heteroatoms. The summed E-state index contributed by atoms with van der Waals surface area (Å²) in [5.74, 6) is -0.974. The van der Waals surface area contributed by atoms with E-state index in [4.69, 9.17) is 5.73 Å². The summed E-state index contributed by atoms with van der Waals surface area (Å²) < 4.78 is 13.5. The van der Waals surface area contributed by atoms with E-state index < -0.39 is 16.6 Å². The van der Waals surface area contributed by atoms with Crippen molar-refractivity contribution in [1.82, 2.24) is 4.90 Å². The highest BCUT2D eigenvalue weighted by Crippen LogP contribution is 2.26. The van der Waals surface area contributed by atoms with Crippen molar-refractivity contribution in [3.63, 3.8) is 0 Å². The van der Waals surface area contributed by atoms with Gasteiger partial charge >= 0.3 is 0 Å². The topological polar surface area (TPSA) is 89.5 Å². The quantitative estimate of drug-likeness (QED) is 0.645. The third-order valence-electron chi connectivity index (χ3n) is 3.68. The summed E-state index contributed by atoms with van der Waals surface area (Å²) in [6.07, 6.45) is 0.571. The highest BCUT2D eigenvalue weighted by atomic mass is 19.1. The van der Waals surface area contributed by atoms with E-state index in [1.807, 2.05) is 13.8 Å². The minimum absolute atomic E-state index is 0.0699. The first-order valence-electron chi connectivity index (χ1n) is 7.10. The van der Waals surface area contributed by atoms with Gasteiger partial charge in [-0.05, 0) is 31.4 Å². The van der Waals surface area contributed by atoms with E-state index in [-0.39, 0.29) is 28.8 Å². The second-order valence-corrected chi connectivity index (χ2v) is 5.80. The number of carbonyl (C=O) groups is 1. The van der Waals surface area contributed by atoms with E-state index in [9.17, 15) is 19.3 Å². The standard InChI is InChI=1S/C15H22FN3O3/c1-9(2)13(17)5-6-18(4)15(20)12-8-11(16)7-10(3)14(12)19(21)22/h7-9,13H,5-6,17H2,1-4H3. The van der Waals surface area contributed by atoms with Crippen LogP contribution in [0.5, 0.6) is 0 Å². The van der Waals surface area contributed by atoms with Crippen LogP contribution < -0.4 is 5.73 Å². The average Bonchev–Trinajstić information content (AvgIpc) is 2.41. The maximum Gasteiger partial charge on any atom is 0.285 e. The molecule has 0 aliphatic rings. The number of nitro groups is 1. The van der Waals surface area contributed by atoms with E-state index in [2.05, 4.69) is 0 Å². The number of aryl methyl sites for hydroxylation is 1. The van der Waals surface area contributed by atoms with Crippen LogP contribution in [0.4, 0.5) is 10.1 Å². The van der Waals surface area contributed by atoms with E-state index in [0.717, 1.165) is 12.1 Å². The fourth-order valence-electron chi connectivity index (χ4n) is 2.12. The SMILES string of the molecule is Cc1cc(F)cc(C(=O)N(C)CCC(N)C(C)C)c1[N+](=O)[O-]. The first-order valence-corrected chi connectivity index (χ1v) is 7.10. The maximum atomic E-state index is 13.5. The van der Waals surface area contributed by atoms with Crippen LogP contribution in [0.25, 0.3) is 0 Å². The van der Waals surface area contributed by atoms with Gasteiger partial charge in [-0.3, -0.25) is 14.9 Å². The van der Waals surface area contributed by atoms with Gasteiger partial charge in [0.2, 0.25) is 0 Å². The maximum absolute atomic E-state index is 13.5. The van der Waals surface area contributed by atoms with Gasteiger partial charge in [-0.2, -0.15) is 0 Å². The molecule has 1 amide bonds. The van der Waals surface area contributed by atoms with Crippen molar-refractivity contribution in [3.05, 3.63) is 39.2 Å². The van der Waals surface area contributed by atoms with E-state index >= 15 is 0 Å². The lowest BCUT2D eigenvalue weighted by atomic mass is 10.0.